The number of imide groups is 1. The van der Waals surface area contributed by atoms with E-state index in [1.165, 1.54) is 18.2 Å². The summed E-state index contributed by atoms with van der Waals surface area (Å²) in [5.74, 6) is -1.26. The molecule has 8 heteroatoms. The number of nitrogens with one attached hydrogen (secondary N) is 1. The summed E-state index contributed by atoms with van der Waals surface area (Å²) in [4.78, 5) is 24.8. The minimum Gasteiger partial charge on any atom is -0.491 e. The van der Waals surface area contributed by atoms with Crippen LogP contribution in [-0.4, -0.2) is 55.3 Å². The number of β-amino-alcohol motifs (C(OH)–C–C–N with tert-alkyl or cyclic N) is 1. The van der Waals surface area contributed by atoms with E-state index < -0.39 is 17.6 Å². The monoisotopic (exact) mass is 338 g/mol. The summed E-state index contributed by atoms with van der Waals surface area (Å²) in [5.41, 5.74) is 0.242. The molecule has 0 saturated carbocycles. The van der Waals surface area contributed by atoms with Crippen molar-refractivity contribution in [2.24, 2.45) is 0 Å². The summed E-state index contributed by atoms with van der Waals surface area (Å²) in [6.07, 6.45) is 1.76. The van der Waals surface area contributed by atoms with Gasteiger partial charge in [-0.3, -0.25) is 14.5 Å². The third-order valence-electron chi connectivity index (χ3n) is 3.29. The van der Waals surface area contributed by atoms with E-state index in [9.17, 15) is 14.0 Å². The number of nitrogens with zero attached hydrogens (tertiary/aromatic N) is 1. The van der Waals surface area contributed by atoms with Gasteiger partial charge in [0.2, 0.25) is 0 Å². The highest BCUT2D eigenvalue weighted by Crippen LogP contribution is 2.28. The molecule has 130 valence electrons. The Morgan fingerprint density at radius 3 is 2.79 bits per heavy atom. The molecule has 0 aromatic heterocycles. The molecule has 1 aromatic carbocycles. The van der Waals surface area contributed by atoms with Crippen LogP contribution in [0.3, 0.4) is 0 Å². The number of methoxy groups -OCH3 is 1. The second-order valence-electron chi connectivity index (χ2n) is 5.04. The molecular weight excluding hydrogens is 319 g/mol. The number of aliphatic hydroxyl groups excluding tert-OH is 1. The molecule has 24 heavy (non-hydrogen) atoms. The van der Waals surface area contributed by atoms with E-state index in [0.29, 0.717) is 25.4 Å². The summed E-state index contributed by atoms with van der Waals surface area (Å²) >= 11 is 0. The first-order chi connectivity index (χ1) is 11.6. The summed E-state index contributed by atoms with van der Waals surface area (Å²) in [6.45, 7) is 0.463. The first kappa shape index (κ1) is 17.9. The number of carbonyl (C=O) groups excluding carboxylic acids is 2. The van der Waals surface area contributed by atoms with Gasteiger partial charge in [0.15, 0.2) is 0 Å². The van der Waals surface area contributed by atoms with Gasteiger partial charge in [0.05, 0.1) is 25.4 Å². The zero-order chi connectivity index (χ0) is 17.5. The zero-order valence-corrected chi connectivity index (χ0v) is 13.3. The van der Waals surface area contributed by atoms with Crippen LogP contribution in [-0.2, 0) is 14.3 Å². The fourth-order valence-electron chi connectivity index (χ4n) is 2.17. The lowest BCUT2D eigenvalue weighted by atomic mass is 10.2. The van der Waals surface area contributed by atoms with E-state index in [2.05, 4.69) is 5.32 Å². The van der Waals surface area contributed by atoms with Crippen LogP contribution in [0.4, 0.5) is 10.1 Å². The molecule has 0 atom stereocenters. The zero-order valence-electron chi connectivity index (χ0n) is 13.3. The summed E-state index contributed by atoms with van der Waals surface area (Å²) < 4.78 is 24.0. The predicted molar refractivity (Wildman–Crippen MR) is 83.9 cm³/mol. The quantitative estimate of drug-likeness (QED) is 0.514. The number of anilines is 1. The summed E-state index contributed by atoms with van der Waals surface area (Å²) in [6, 6.07) is 3.86. The van der Waals surface area contributed by atoms with E-state index >= 15 is 0 Å². The molecule has 0 aliphatic carbocycles. The highest BCUT2D eigenvalue weighted by molar-refractivity contribution is 6.17. The van der Waals surface area contributed by atoms with Gasteiger partial charge < -0.3 is 19.9 Å². The van der Waals surface area contributed by atoms with Crippen molar-refractivity contribution in [2.45, 2.75) is 6.42 Å². The van der Waals surface area contributed by atoms with Crippen molar-refractivity contribution in [1.82, 2.24) is 4.90 Å². The molecule has 1 aliphatic rings. The minimum absolute atomic E-state index is 0.000733. The van der Waals surface area contributed by atoms with Crippen molar-refractivity contribution in [3.05, 3.63) is 35.8 Å². The van der Waals surface area contributed by atoms with Crippen molar-refractivity contribution in [3.8, 4) is 5.75 Å². The Morgan fingerprint density at radius 1 is 1.29 bits per heavy atom. The predicted octanol–water partition coefficient (Wildman–Crippen LogP) is 0.898. The number of halogens is 1. The molecule has 2 amide bonds. The Balaban J connectivity index is 2.11. The lowest BCUT2D eigenvalue weighted by Gasteiger charge is -2.15. The molecule has 2 N–H and O–H groups in total. The normalized spacial score (nSPS) is 14.1. The van der Waals surface area contributed by atoms with Gasteiger partial charge in [-0.25, -0.2) is 4.39 Å². The maximum atomic E-state index is 13.5. The summed E-state index contributed by atoms with van der Waals surface area (Å²) in [5, 5.41) is 11.6. The third kappa shape index (κ3) is 4.30. The van der Waals surface area contributed by atoms with Gasteiger partial charge in [0.1, 0.15) is 17.3 Å². The maximum Gasteiger partial charge on any atom is 0.277 e. The van der Waals surface area contributed by atoms with Gasteiger partial charge in [-0.15, -0.1) is 0 Å². The lowest BCUT2D eigenvalue weighted by Crippen LogP contribution is -2.34. The number of hydrogen-bond acceptors (Lipinski definition) is 6. The topological polar surface area (TPSA) is 88.1 Å². The molecular formula is C16H19FN2O5. The fourth-order valence-corrected chi connectivity index (χ4v) is 2.17. The van der Waals surface area contributed by atoms with Crippen molar-refractivity contribution in [1.29, 1.82) is 0 Å². The first-order valence-electron chi connectivity index (χ1n) is 7.43. The van der Waals surface area contributed by atoms with Gasteiger partial charge in [0, 0.05) is 32.3 Å². The van der Waals surface area contributed by atoms with Crippen LogP contribution >= 0.6 is 0 Å². The van der Waals surface area contributed by atoms with E-state index in [-0.39, 0.29) is 24.5 Å². The molecule has 1 heterocycles. The van der Waals surface area contributed by atoms with Crippen LogP contribution in [0.15, 0.2) is 30.0 Å². The number of hydrogen-bond donors (Lipinski definition) is 2. The average molecular weight is 338 g/mol. The van der Waals surface area contributed by atoms with Crippen LogP contribution in [0.2, 0.25) is 0 Å². The van der Waals surface area contributed by atoms with Gasteiger partial charge in [-0.2, -0.15) is 0 Å². The SMILES string of the molecule is COCCCOc1ccc(F)cc1NC1=CC(=O)N(CCO)C1=O. The molecule has 0 fully saturated rings. The molecule has 0 saturated heterocycles. The highest BCUT2D eigenvalue weighted by atomic mass is 19.1. The maximum absolute atomic E-state index is 13.5. The molecule has 0 radical (unpaired) electrons. The molecule has 0 unspecified atom stereocenters. The van der Waals surface area contributed by atoms with Gasteiger partial charge in [0.25, 0.3) is 11.8 Å². The molecule has 1 aliphatic heterocycles. The lowest BCUT2D eigenvalue weighted by molar-refractivity contribution is -0.137. The average Bonchev–Trinajstić information content (AvgIpc) is 2.81. The Kier molecular flexibility index (Phi) is 6.28. The van der Waals surface area contributed by atoms with Crippen molar-refractivity contribution in [3.63, 3.8) is 0 Å². The Hall–Kier alpha value is -2.45. The van der Waals surface area contributed by atoms with Gasteiger partial charge in [-0.1, -0.05) is 0 Å². The van der Waals surface area contributed by atoms with Crippen molar-refractivity contribution in [2.75, 3.05) is 38.8 Å². The standard InChI is InChI=1S/C16H19FN2O5/c1-23-7-2-8-24-14-4-3-11(17)9-12(14)18-13-10-15(21)19(5-6-20)16(13)22/h3-4,9-10,18,20H,2,5-8H2,1H3. The van der Waals surface area contributed by atoms with Gasteiger partial charge in [-0.05, 0) is 12.1 Å². The number of carbonyl (C=O) groups is 2. The number of benzene rings is 1. The molecule has 2 rings (SSSR count). The van der Waals surface area contributed by atoms with Crippen molar-refractivity contribution >= 4 is 17.5 Å². The number of amides is 2. The van der Waals surface area contributed by atoms with Crippen LogP contribution in [0, 0.1) is 5.82 Å². The third-order valence-corrected chi connectivity index (χ3v) is 3.29. The minimum atomic E-state index is -0.580. The Morgan fingerprint density at radius 2 is 2.08 bits per heavy atom. The van der Waals surface area contributed by atoms with E-state index in [4.69, 9.17) is 14.6 Å². The van der Waals surface area contributed by atoms with Crippen LogP contribution in [0.25, 0.3) is 0 Å². The summed E-state index contributed by atoms with van der Waals surface area (Å²) in [7, 11) is 1.58. The molecule has 0 bridgehead atoms. The van der Waals surface area contributed by atoms with Crippen molar-refractivity contribution < 1.29 is 28.6 Å². The first-order valence-corrected chi connectivity index (χ1v) is 7.43. The van der Waals surface area contributed by atoms with Crippen LogP contribution in [0.5, 0.6) is 5.75 Å². The number of aliphatic hydroxyl groups is 1. The van der Waals surface area contributed by atoms with Crippen LogP contribution in [0.1, 0.15) is 6.42 Å². The second-order valence-corrected chi connectivity index (χ2v) is 5.04. The Labute approximate surface area is 138 Å². The second kappa shape index (κ2) is 8.42. The highest BCUT2D eigenvalue weighted by Gasteiger charge is 2.31. The Bertz CT molecular complexity index is 647. The number of rotatable bonds is 9. The van der Waals surface area contributed by atoms with E-state index in [0.717, 1.165) is 11.0 Å². The smallest absolute Gasteiger partial charge is 0.277 e. The van der Waals surface area contributed by atoms with Gasteiger partial charge >= 0.3 is 0 Å². The van der Waals surface area contributed by atoms with Crippen LogP contribution < -0.4 is 10.1 Å². The molecule has 7 nitrogen and oxygen atoms in total. The van der Waals surface area contributed by atoms with E-state index in [1.807, 2.05) is 0 Å². The van der Waals surface area contributed by atoms with E-state index in [1.54, 1.807) is 7.11 Å². The fraction of sp³-hybridized carbons (Fsp3) is 0.375. The molecule has 0 spiro atoms. The molecule has 1 aromatic rings. The number of ether oxygens (including phenoxy) is 2. The largest absolute Gasteiger partial charge is 0.491 e.